The number of nitrogens with one attached hydrogen (secondary N) is 1. The first-order valence-electron chi connectivity index (χ1n) is 4.60. The molecule has 0 fully saturated rings. The molecule has 0 atom stereocenters. The molecule has 3 heteroatoms. The van der Waals surface area contributed by atoms with Gasteiger partial charge in [0.05, 0.1) is 0 Å². The van der Waals surface area contributed by atoms with Gasteiger partial charge in [0.25, 0.3) is 0 Å². The van der Waals surface area contributed by atoms with E-state index >= 15 is 0 Å². The van der Waals surface area contributed by atoms with E-state index in [1.54, 1.807) is 0 Å². The summed E-state index contributed by atoms with van der Waals surface area (Å²) in [7, 11) is 0. The Morgan fingerprint density at radius 2 is 2.21 bits per heavy atom. The molecule has 0 heterocycles. The summed E-state index contributed by atoms with van der Waals surface area (Å²) in [6.07, 6.45) is 0.673. The molecule has 0 unspecified atom stereocenters. The summed E-state index contributed by atoms with van der Waals surface area (Å²) in [6.45, 7) is 4.73. The van der Waals surface area contributed by atoms with Crippen molar-refractivity contribution in [3.63, 3.8) is 0 Å². The highest BCUT2D eigenvalue weighted by Gasteiger charge is 2.03. The molecule has 2 nitrogen and oxygen atoms in total. The molecule has 0 aromatic heterocycles. The molecule has 0 aliphatic carbocycles. The van der Waals surface area contributed by atoms with E-state index in [1.807, 2.05) is 18.2 Å². The molecule has 14 heavy (non-hydrogen) atoms. The molecule has 1 rings (SSSR count). The van der Waals surface area contributed by atoms with E-state index in [1.165, 1.54) is 5.56 Å². The van der Waals surface area contributed by atoms with Crippen molar-refractivity contribution >= 4 is 18.0 Å². The van der Waals surface area contributed by atoms with Gasteiger partial charge in [-0.25, -0.2) is 0 Å². The van der Waals surface area contributed by atoms with Crippen molar-refractivity contribution in [1.29, 1.82) is 0 Å². The van der Waals surface area contributed by atoms with Crippen molar-refractivity contribution < 1.29 is 4.79 Å². The lowest BCUT2D eigenvalue weighted by Gasteiger charge is -2.08. The highest BCUT2D eigenvalue weighted by Crippen LogP contribution is 2.22. The number of rotatable bonds is 4. The smallest absolute Gasteiger partial charge is 0.207 e. The first-order valence-corrected chi connectivity index (χ1v) is 4.98. The minimum Gasteiger partial charge on any atom is -0.355 e. The number of carbonyl (C=O) groups is 1. The second kappa shape index (κ2) is 5.01. The Morgan fingerprint density at radius 3 is 2.71 bits per heavy atom. The average molecular weight is 212 g/mol. The zero-order valence-electron chi connectivity index (χ0n) is 8.38. The molecule has 1 aromatic carbocycles. The van der Waals surface area contributed by atoms with Crippen LogP contribution in [0.2, 0.25) is 5.02 Å². The minimum atomic E-state index is 0.473. The van der Waals surface area contributed by atoms with Crippen molar-refractivity contribution in [3.8, 4) is 0 Å². The van der Waals surface area contributed by atoms with E-state index in [4.69, 9.17) is 11.6 Å². The van der Waals surface area contributed by atoms with Crippen LogP contribution in [-0.4, -0.2) is 6.41 Å². The number of hydrogen-bond donors (Lipinski definition) is 1. The molecule has 0 saturated heterocycles. The summed E-state index contributed by atoms with van der Waals surface area (Å²) >= 11 is 6.05. The lowest BCUT2D eigenvalue weighted by atomic mass is 10.0. The summed E-state index contributed by atoms with van der Waals surface area (Å²) in [4.78, 5) is 10.1. The highest BCUT2D eigenvalue weighted by molar-refractivity contribution is 6.31. The predicted molar refractivity (Wildman–Crippen MR) is 58.4 cm³/mol. The van der Waals surface area contributed by atoms with Crippen LogP contribution in [0.25, 0.3) is 0 Å². The standard InChI is InChI=1S/C11H14ClNO/c1-8(2)9-3-4-10(6-13-7-14)11(12)5-9/h3-5,7-8H,6H2,1-2H3,(H,13,14). The van der Waals surface area contributed by atoms with Crippen LogP contribution in [0.1, 0.15) is 30.9 Å². The highest BCUT2D eigenvalue weighted by atomic mass is 35.5. The predicted octanol–water partition coefficient (Wildman–Crippen LogP) is 2.71. The maximum absolute atomic E-state index is 10.1. The van der Waals surface area contributed by atoms with E-state index in [2.05, 4.69) is 19.2 Å². The molecule has 76 valence electrons. The Labute approximate surface area is 89.3 Å². The third-order valence-corrected chi connectivity index (χ3v) is 2.47. The summed E-state index contributed by atoms with van der Waals surface area (Å²) in [6, 6.07) is 5.95. The maximum atomic E-state index is 10.1. The third kappa shape index (κ3) is 2.74. The Kier molecular flexibility index (Phi) is 3.96. The van der Waals surface area contributed by atoms with E-state index in [0.29, 0.717) is 23.9 Å². The van der Waals surface area contributed by atoms with Crippen LogP contribution in [0.5, 0.6) is 0 Å². The summed E-state index contributed by atoms with van der Waals surface area (Å²) < 4.78 is 0. The van der Waals surface area contributed by atoms with Crippen molar-refractivity contribution in [2.24, 2.45) is 0 Å². The number of carbonyl (C=O) groups excluding carboxylic acids is 1. The fourth-order valence-corrected chi connectivity index (χ4v) is 1.47. The van der Waals surface area contributed by atoms with Crippen molar-refractivity contribution in [1.82, 2.24) is 5.32 Å². The molecule has 0 aliphatic rings. The normalized spacial score (nSPS) is 10.3. The van der Waals surface area contributed by atoms with Crippen LogP contribution in [-0.2, 0) is 11.3 Å². The van der Waals surface area contributed by atoms with Gasteiger partial charge in [0.2, 0.25) is 6.41 Å². The van der Waals surface area contributed by atoms with Crippen LogP contribution in [0, 0.1) is 0 Å². The van der Waals surface area contributed by atoms with Gasteiger partial charge in [-0.05, 0) is 23.1 Å². The monoisotopic (exact) mass is 211 g/mol. The zero-order chi connectivity index (χ0) is 10.6. The Balaban J connectivity index is 2.84. The average Bonchev–Trinajstić information content (AvgIpc) is 2.15. The maximum Gasteiger partial charge on any atom is 0.207 e. The largest absolute Gasteiger partial charge is 0.355 e. The minimum absolute atomic E-state index is 0.473. The number of halogens is 1. The van der Waals surface area contributed by atoms with Crippen LogP contribution < -0.4 is 5.32 Å². The summed E-state index contributed by atoms with van der Waals surface area (Å²) in [5.41, 5.74) is 2.16. The third-order valence-electron chi connectivity index (χ3n) is 2.12. The Morgan fingerprint density at radius 1 is 1.50 bits per heavy atom. The molecule has 1 N–H and O–H groups in total. The number of hydrogen-bond acceptors (Lipinski definition) is 1. The fraction of sp³-hybridized carbons (Fsp3) is 0.364. The number of benzene rings is 1. The topological polar surface area (TPSA) is 29.1 Å². The Hall–Kier alpha value is -1.02. The van der Waals surface area contributed by atoms with Gasteiger partial charge in [0.1, 0.15) is 0 Å². The van der Waals surface area contributed by atoms with Gasteiger partial charge in [0.15, 0.2) is 0 Å². The lowest BCUT2D eigenvalue weighted by Crippen LogP contribution is -2.10. The van der Waals surface area contributed by atoms with Gasteiger partial charge in [0, 0.05) is 11.6 Å². The van der Waals surface area contributed by atoms with Crippen LogP contribution in [0.3, 0.4) is 0 Å². The van der Waals surface area contributed by atoms with E-state index < -0.39 is 0 Å². The molecule has 0 bridgehead atoms. The summed E-state index contributed by atoms with van der Waals surface area (Å²) in [5, 5.41) is 3.30. The van der Waals surface area contributed by atoms with E-state index in [-0.39, 0.29) is 0 Å². The molecule has 0 saturated carbocycles. The van der Waals surface area contributed by atoms with Crippen molar-refractivity contribution in [2.75, 3.05) is 0 Å². The van der Waals surface area contributed by atoms with Crippen LogP contribution in [0.4, 0.5) is 0 Å². The number of amides is 1. The van der Waals surface area contributed by atoms with Gasteiger partial charge >= 0.3 is 0 Å². The summed E-state index contributed by atoms with van der Waals surface area (Å²) in [5.74, 6) is 0.473. The van der Waals surface area contributed by atoms with E-state index in [9.17, 15) is 4.79 Å². The second-order valence-electron chi connectivity index (χ2n) is 3.50. The molecule has 1 amide bonds. The molecular formula is C11H14ClNO. The van der Waals surface area contributed by atoms with Gasteiger partial charge in [-0.3, -0.25) is 4.79 Å². The lowest BCUT2D eigenvalue weighted by molar-refractivity contribution is -0.109. The molecule has 1 aromatic rings. The quantitative estimate of drug-likeness (QED) is 0.763. The first-order chi connectivity index (χ1) is 6.65. The van der Waals surface area contributed by atoms with Crippen molar-refractivity contribution in [2.45, 2.75) is 26.3 Å². The van der Waals surface area contributed by atoms with Gasteiger partial charge < -0.3 is 5.32 Å². The second-order valence-corrected chi connectivity index (χ2v) is 3.91. The fourth-order valence-electron chi connectivity index (χ4n) is 1.22. The van der Waals surface area contributed by atoms with Gasteiger partial charge in [-0.1, -0.05) is 37.6 Å². The first kappa shape index (κ1) is 11.1. The van der Waals surface area contributed by atoms with Crippen LogP contribution >= 0.6 is 11.6 Å². The van der Waals surface area contributed by atoms with Crippen molar-refractivity contribution in [3.05, 3.63) is 34.3 Å². The molecule has 0 spiro atoms. The van der Waals surface area contributed by atoms with E-state index in [0.717, 1.165) is 5.56 Å². The van der Waals surface area contributed by atoms with Gasteiger partial charge in [-0.2, -0.15) is 0 Å². The zero-order valence-corrected chi connectivity index (χ0v) is 9.14. The molecule has 0 aliphatic heterocycles. The van der Waals surface area contributed by atoms with Crippen LogP contribution in [0.15, 0.2) is 18.2 Å². The molecule has 0 radical (unpaired) electrons. The Bertz CT molecular complexity index is 323. The van der Waals surface area contributed by atoms with Gasteiger partial charge in [-0.15, -0.1) is 0 Å². The molecular weight excluding hydrogens is 198 g/mol. The SMILES string of the molecule is CC(C)c1ccc(CNC=O)c(Cl)c1.